The molecule has 0 unspecified atom stereocenters. The fourth-order valence-electron chi connectivity index (χ4n) is 4.30. The fourth-order valence-corrected chi connectivity index (χ4v) is 6.87. The van der Waals surface area contributed by atoms with Crippen molar-refractivity contribution in [2.24, 2.45) is 5.41 Å². The van der Waals surface area contributed by atoms with Gasteiger partial charge in [-0.3, -0.25) is 28.2 Å². The summed E-state index contributed by atoms with van der Waals surface area (Å²) in [4.78, 5) is 48.8. The summed E-state index contributed by atoms with van der Waals surface area (Å²) < 4.78 is 36.9. The van der Waals surface area contributed by atoms with E-state index < -0.39 is 60.4 Å². The van der Waals surface area contributed by atoms with E-state index in [1.807, 2.05) is 30.3 Å². The number of thioether (sulfide) groups is 1. The van der Waals surface area contributed by atoms with E-state index in [1.54, 1.807) is 20.8 Å². The first kappa shape index (κ1) is 37.0. The third-order valence-electron chi connectivity index (χ3n) is 6.97. The van der Waals surface area contributed by atoms with E-state index in [4.69, 9.17) is 30.1 Å². The molecule has 0 aliphatic carbocycles. The number of aromatic nitrogens is 2. The van der Waals surface area contributed by atoms with E-state index in [2.05, 4.69) is 15.4 Å². The number of hydrogen-bond donors (Lipinski definition) is 4. The zero-order valence-corrected chi connectivity index (χ0v) is 28.0. The van der Waals surface area contributed by atoms with Gasteiger partial charge in [0.05, 0.1) is 19.8 Å². The van der Waals surface area contributed by atoms with E-state index in [0.29, 0.717) is 6.42 Å². The Morgan fingerprint density at radius 2 is 1.93 bits per heavy atom. The van der Waals surface area contributed by atoms with Gasteiger partial charge in [-0.15, -0.1) is 11.6 Å². The fraction of sp³-hybridized carbons (Fsp3) is 0.571. The van der Waals surface area contributed by atoms with E-state index >= 15 is 0 Å². The van der Waals surface area contributed by atoms with Crippen LogP contribution in [0.15, 0.2) is 52.2 Å². The minimum Gasteiger partial charge on any atom is -0.450 e. The molecule has 5 atom stereocenters. The number of aliphatic hydroxyl groups excluding tert-OH is 1. The highest BCUT2D eigenvalue weighted by molar-refractivity contribution is 8.13. The molecule has 1 aromatic heterocycles. The first-order valence-electron chi connectivity index (χ1n) is 14.3. The number of ether oxygens (including phenoxy) is 2. The van der Waals surface area contributed by atoms with Crippen LogP contribution >= 0.6 is 31.1 Å². The molecule has 14 nitrogen and oxygen atoms in total. The molecule has 0 bridgehead atoms. The van der Waals surface area contributed by atoms with Gasteiger partial charge < -0.3 is 19.9 Å². The maximum absolute atomic E-state index is 13.8. The number of amides is 1. The second kappa shape index (κ2) is 16.4. The highest BCUT2D eigenvalue weighted by Crippen LogP contribution is 2.47. The van der Waals surface area contributed by atoms with Crippen molar-refractivity contribution in [1.29, 1.82) is 0 Å². The van der Waals surface area contributed by atoms with Crippen molar-refractivity contribution in [2.75, 3.05) is 32.1 Å². The molecule has 0 radical (unpaired) electrons. The minimum absolute atomic E-state index is 0.122. The summed E-state index contributed by atoms with van der Waals surface area (Å²) in [5.74, 6) is 0.160. The van der Waals surface area contributed by atoms with Gasteiger partial charge in [0.15, 0.2) is 11.3 Å². The number of hydrogen-bond acceptors (Lipinski definition) is 11. The smallest absolute Gasteiger partial charge is 0.407 e. The Bertz CT molecular complexity index is 1450. The number of aliphatic hydroxyl groups is 1. The van der Waals surface area contributed by atoms with E-state index in [-0.39, 0.29) is 37.2 Å². The summed E-state index contributed by atoms with van der Waals surface area (Å²) >= 11 is 7.59. The highest BCUT2D eigenvalue weighted by Gasteiger charge is 2.54. The number of nitrogens with zero attached hydrogens (tertiary/aromatic N) is 1. The molecule has 1 amide bonds. The monoisotopic (exact) mass is 690 g/mol. The predicted molar refractivity (Wildman–Crippen MR) is 169 cm³/mol. The average Bonchev–Trinajstić information content (AvgIpc) is 3.21. The number of halogens is 1. The van der Waals surface area contributed by atoms with Gasteiger partial charge in [0.1, 0.15) is 17.1 Å². The van der Waals surface area contributed by atoms with Crippen molar-refractivity contribution in [3.05, 3.63) is 69.0 Å². The van der Waals surface area contributed by atoms with Crippen molar-refractivity contribution in [3.8, 4) is 0 Å². The first-order valence-corrected chi connectivity index (χ1v) is 17.2. The van der Waals surface area contributed by atoms with Crippen molar-refractivity contribution in [3.63, 3.8) is 0 Å². The Labute approximate surface area is 270 Å². The Morgan fingerprint density at radius 3 is 2.60 bits per heavy atom. The lowest BCUT2D eigenvalue weighted by atomic mass is 9.91. The number of benzene rings is 1. The van der Waals surface area contributed by atoms with Crippen LogP contribution in [0.5, 0.6) is 0 Å². The largest absolute Gasteiger partial charge is 0.450 e. The minimum atomic E-state index is -4.04. The van der Waals surface area contributed by atoms with Gasteiger partial charge in [0.25, 0.3) is 5.56 Å². The summed E-state index contributed by atoms with van der Waals surface area (Å²) in [5.41, 5.74) is -1.35. The maximum atomic E-state index is 13.8. The second-order valence-electron chi connectivity index (χ2n) is 11.0. The van der Waals surface area contributed by atoms with E-state index in [0.717, 1.165) is 28.0 Å². The van der Waals surface area contributed by atoms with Crippen LogP contribution in [0.2, 0.25) is 0 Å². The van der Waals surface area contributed by atoms with Gasteiger partial charge in [-0.05, 0) is 25.8 Å². The van der Waals surface area contributed by atoms with Crippen LogP contribution in [-0.4, -0.2) is 75.1 Å². The number of alkyl halides is 1. The summed E-state index contributed by atoms with van der Waals surface area (Å²) in [6.07, 6.45) is -2.62. The van der Waals surface area contributed by atoms with Crippen molar-refractivity contribution in [1.82, 2.24) is 20.0 Å². The molecule has 4 N–H and O–H groups in total. The van der Waals surface area contributed by atoms with Crippen LogP contribution in [0, 0.1) is 5.41 Å². The lowest BCUT2D eigenvalue weighted by molar-refractivity contribution is -0.118. The average molecular weight is 691 g/mol. The SMILES string of the molecule is CCOC(=O)NCCC(C)(C)C(=O)SCCO[P@](=O)(NCc1ccccc1)OC[C@H]1O[C@@H](n2ccc(=O)[nH]c2=O)[C@](C)(Cl)[C@@H]1O. The first-order chi connectivity index (χ1) is 21.2. The number of H-pyrrole nitrogens is 1. The van der Waals surface area contributed by atoms with Crippen LogP contribution in [0.1, 0.15) is 45.9 Å². The van der Waals surface area contributed by atoms with Crippen LogP contribution in [-0.2, 0) is 34.4 Å². The van der Waals surface area contributed by atoms with E-state index in [1.165, 1.54) is 13.1 Å². The van der Waals surface area contributed by atoms with Crippen molar-refractivity contribution >= 4 is 42.3 Å². The number of aromatic amines is 1. The molecule has 3 rings (SSSR count). The molecule has 1 aliphatic heterocycles. The Morgan fingerprint density at radius 1 is 1.22 bits per heavy atom. The lowest BCUT2D eigenvalue weighted by Gasteiger charge is -2.26. The number of rotatable bonds is 16. The number of carbonyl (C=O) groups is 2. The predicted octanol–water partition coefficient (Wildman–Crippen LogP) is 3.15. The third-order valence-corrected chi connectivity index (χ3v) is 10.1. The van der Waals surface area contributed by atoms with E-state index in [9.17, 15) is 28.8 Å². The highest BCUT2D eigenvalue weighted by atomic mass is 35.5. The molecule has 0 saturated carbocycles. The molecule has 1 fully saturated rings. The summed E-state index contributed by atoms with van der Waals surface area (Å²) in [6.45, 7) is 6.77. The summed E-state index contributed by atoms with van der Waals surface area (Å²) in [5, 5.41) is 16.2. The molecule has 1 aliphatic rings. The third kappa shape index (κ3) is 10.5. The van der Waals surface area contributed by atoms with Gasteiger partial charge >= 0.3 is 19.5 Å². The number of alkyl carbamates (subject to hydrolysis) is 1. The molecule has 1 saturated heterocycles. The number of nitrogens with one attached hydrogen (secondary N) is 3. The molecule has 45 heavy (non-hydrogen) atoms. The Hall–Kier alpha value is -2.49. The van der Waals surface area contributed by atoms with Crippen molar-refractivity contribution < 1.29 is 37.8 Å². The lowest BCUT2D eigenvalue weighted by Crippen LogP contribution is -2.43. The Kier molecular flexibility index (Phi) is 13.4. The van der Waals surface area contributed by atoms with Gasteiger partial charge in [-0.2, -0.15) is 0 Å². The van der Waals surface area contributed by atoms with Crippen molar-refractivity contribution in [2.45, 2.75) is 64.0 Å². The summed E-state index contributed by atoms with van der Waals surface area (Å²) in [6, 6.07) is 10.2. The standard InChI is InChI=1S/C28H40ClN4O10PS/c1-5-40-26(38)30-13-12-27(2,3)24(36)45-16-15-41-44(39,31-17-19-9-7-6-8-10-19)42-18-20-22(35)28(4,29)23(43-20)33-14-11-21(34)32-25(33)37/h6-11,14,20,22-23,35H,5,12-13,15-18H2,1-4H3,(H,30,38)(H,31,39)(H,32,34,37)/t20-,22-,23-,28-,44-/m1/s1. The Balaban J connectivity index is 1.61. The molecule has 2 heterocycles. The van der Waals surface area contributed by atoms with Gasteiger partial charge in [-0.1, -0.05) is 55.9 Å². The molecular formula is C28H40ClN4O10PS. The number of carbonyl (C=O) groups excluding carboxylic acids is 2. The molecule has 250 valence electrons. The van der Waals surface area contributed by atoms with Crippen LogP contribution in [0.3, 0.4) is 0 Å². The molecule has 2 aromatic rings. The normalized spacial score (nSPS) is 22.9. The molecule has 0 spiro atoms. The van der Waals surface area contributed by atoms with Gasteiger partial charge in [0, 0.05) is 36.5 Å². The zero-order chi connectivity index (χ0) is 33.3. The van der Waals surface area contributed by atoms with Gasteiger partial charge in [-0.25, -0.2) is 19.2 Å². The van der Waals surface area contributed by atoms with Crippen LogP contribution in [0.4, 0.5) is 4.79 Å². The maximum Gasteiger partial charge on any atom is 0.407 e. The molecule has 17 heteroatoms. The van der Waals surface area contributed by atoms with Crippen LogP contribution < -0.4 is 21.7 Å². The van der Waals surface area contributed by atoms with Crippen LogP contribution in [0.25, 0.3) is 0 Å². The molecular weight excluding hydrogens is 651 g/mol. The summed E-state index contributed by atoms with van der Waals surface area (Å²) in [7, 11) is -4.04. The quantitative estimate of drug-likeness (QED) is 0.115. The molecule has 1 aromatic carbocycles. The van der Waals surface area contributed by atoms with Gasteiger partial charge in [0.2, 0.25) is 0 Å². The second-order valence-corrected chi connectivity index (χ2v) is 14.7. The zero-order valence-electron chi connectivity index (χ0n) is 25.5. The topological polar surface area (TPSA) is 187 Å².